The van der Waals surface area contributed by atoms with E-state index >= 15 is 0 Å². The van der Waals surface area contributed by atoms with Crippen molar-refractivity contribution in [2.24, 2.45) is 0 Å². The number of para-hydroxylation sites is 1. The molecule has 0 saturated heterocycles. The molecule has 1 aromatic heterocycles. The van der Waals surface area contributed by atoms with Crippen LogP contribution in [0.3, 0.4) is 0 Å². The minimum Gasteiger partial charge on any atom is -0.390 e. The number of thioether (sulfide) groups is 1. The van der Waals surface area contributed by atoms with Gasteiger partial charge >= 0.3 is 0 Å². The lowest BCUT2D eigenvalue weighted by Gasteiger charge is -2.16. The van der Waals surface area contributed by atoms with Gasteiger partial charge in [0.1, 0.15) is 5.82 Å². The molecule has 19 heavy (non-hydrogen) atoms. The number of nitrogens with one attached hydrogen (secondary N) is 1. The topological polar surface area (TPSA) is 58.0 Å². The molecule has 5 heteroatoms. The molecule has 0 bridgehead atoms. The van der Waals surface area contributed by atoms with Crippen LogP contribution in [0.25, 0.3) is 10.9 Å². The van der Waals surface area contributed by atoms with Crippen molar-refractivity contribution in [2.45, 2.75) is 31.5 Å². The number of hydrogen-bond donors (Lipinski definition) is 2. The summed E-state index contributed by atoms with van der Waals surface area (Å²) in [6, 6.07) is 7.94. The van der Waals surface area contributed by atoms with Crippen LogP contribution in [0.2, 0.25) is 0 Å². The van der Waals surface area contributed by atoms with Gasteiger partial charge in [-0.15, -0.1) is 0 Å². The van der Waals surface area contributed by atoms with Crippen molar-refractivity contribution in [3.05, 3.63) is 24.3 Å². The third-order valence-corrected chi connectivity index (χ3v) is 3.77. The SMILES string of the molecule is CCNc1nc(SCC(C)(C)O)nc2ccccc12. The monoisotopic (exact) mass is 277 g/mol. The summed E-state index contributed by atoms with van der Waals surface area (Å²) < 4.78 is 0. The minimum absolute atomic E-state index is 0.566. The van der Waals surface area contributed by atoms with E-state index in [0.29, 0.717) is 10.9 Å². The molecule has 0 spiro atoms. The minimum atomic E-state index is -0.724. The van der Waals surface area contributed by atoms with Crippen molar-refractivity contribution in [2.75, 3.05) is 17.6 Å². The second-order valence-electron chi connectivity index (χ2n) is 5.00. The highest BCUT2D eigenvalue weighted by molar-refractivity contribution is 7.99. The van der Waals surface area contributed by atoms with E-state index in [1.807, 2.05) is 31.2 Å². The van der Waals surface area contributed by atoms with Crippen LogP contribution in [-0.2, 0) is 0 Å². The number of benzene rings is 1. The molecule has 0 radical (unpaired) electrons. The van der Waals surface area contributed by atoms with Crippen molar-refractivity contribution < 1.29 is 5.11 Å². The number of nitrogens with zero attached hydrogens (tertiary/aromatic N) is 2. The van der Waals surface area contributed by atoms with Crippen LogP contribution >= 0.6 is 11.8 Å². The van der Waals surface area contributed by atoms with Gasteiger partial charge in [-0.05, 0) is 32.9 Å². The van der Waals surface area contributed by atoms with Crippen molar-refractivity contribution in [3.63, 3.8) is 0 Å². The van der Waals surface area contributed by atoms with Crippen LogP contribution < -0.4 is 5.32 Å². The van der Waals surface area contributed by atoms with E-state index in [0.717, 1.165) is 23.3 Å². The van der Waals surface area contributed by atoms with Crippen molar-refractivity contribution >= 4 is 28.5 Å². The summed E-state index contributed by atoms with van der Waals surface area (Å²) >= 11 is 1.47. The maximum absolute atomic E-state index is 9.77. The first kappa shape index (κ1) is 14.1. The fraction of sp³-hybridized carbons (Fsp3) is 0.429. The van der Waals surface area contributed by atoms with Crippen LogP contribution in [0, 0.1) is 0 Å². The molecule has 2 N–H and O–H groups in total. The van der Waals surface area contributed by atoms with Gasteiger partial charge in [-0.3, -0.25) is 0 Å². The largest absolute Gasteiger partial charge is 0.390 e. The lowest BCUT2D eigenvalue weighted by atomic mass is 10.2. The van der Waals surface area contributed by atoms with Gasteiger partial charge in [0.15, 0.2) is 5.16 Å². The van der Waals surface area contributed by atoms with E-state index in [1.165, 1.54) is 11.8 Å². The molecule has 1 aromatic carbocycles. The third-order valence-electron chi connectivity index (χ3n) is 2.48. The van der Waals surface area contributed by atoms with Gasteiger partial charge in [0.05, 0.1) is 11.1 Å². The van der Waals surface area contributed by atoms with Crippen molar-refractivity contribution in [1.82, 2.24) is 9.97 Å². The molecule has 102 valence electrons. The second-order valence-corrected chi connectivity index (χ2v) is 5.95. The molecule has 0 unspecified atom stereocenters. The maximum Gasteiger partial charge on any atom is 0.190 e. The highest BCUT2D eigenvalue weighted by atomic mass is 32.2. The normalized spacial score (nSPS) is 11.8. The summed E-state index contributed by atoms with van der Waals surface area (Å²) in [4.78, 5) is 9.05. The first-order chi connectivity index (χ1) is 8.99. The Bertz CT molecular complexity index is 566. The van der Waals surface area contributed by atoms with Crippen LogP contribution in [0.15, 0.2) is 29.4 Å². The number of hydrogen-bond acceptors (Lipinski definition) is 5. The van der Waals surface area contributed by atoms with Crippen molar-refractivity contribution in [1.29, 1.82) is 0 Å². The Morgan fingerprint density at radius 3 is 2.68 bits per heavy atom. The Morgan fingerprint density at radius 1 is 1.26 bits per heavy atom. The van der Waals surface area contributed by atoms with Gasteiger partial charge in [-0.25, -0.2) is 9.97 Å². The Hall–Kier alpha value is -1.33. The molecule has 0 atom stereocenters. The molecule has 0 fully saturated rings. The molecule has 2 aromatic rings. The standard InChI is InChI=1S/C14H19N3OS/c1-4-15-12-10-7-5-6-8-11(10)16-13(17-12)19-9-14(2,3)18/h5-8,18H,4,9H2,1-3H3,(H,15,16,17). The predicted octanol–water partition coefficient (Wildman–Crippen LogP) is 2.92. The molecule has 0 aliphatic carbocycles. The predicted molar refractivity (Wildman–Crippen MR) is 80.7 cm³/mol. The molecule has 0 aliphatic rings. The van der Waals surface area contributed by atoms with E-state index in [-0.39, 0.29) is 0 Å². The molecule has 0 saturated carbocycles. The van der Waals surface area contributed by atoms with Gasteiger partial charge in [-0.1, -0.05) is 23.9 Å². The quantitative estimate of drug-likeness (QED) is 0.650. The Labute approximate surface area is 117 Å². The first-order valence-corrected chi connectivity index (χ1v) is 7.34. The van der Waals surface area contributed by atoms with Gasteiger partial charge in [0.2, 0.25) is 0 Å². The fourth-order valence-electron chi connectivity index (χ4n) is 1.66. The van der Waals surface area contributed by atoms with Gasteiger partial charge in [0, 0.05) is 17.7 Å². The average Bonchev–Trinajstić information content (AvgIpc) is 2.36. The molecule has 1 heterocycles. The Kier molecular flexibility index (Phi) is 4.27. The number of rotatable bonds is 5. The van der Waals surface area contributed by atoms with E-state index in [4.69, 9.17) is 0 Å². The summed E-state index contributed by atoms with van der Waals surface area (Å²) in [5, 5.41) is 14.8. The van der Waals surface area contributed by atoms with Gasteiger partial charge < -0.3 is 10.4 Å². The fourth-order valence-corrected chi connectivity index (χ4v) is 2.46. The molecular weight excluding hydrogens is 258 g/mol. The summed E-state index contributed by atoms with van der Waals surface area (Å²) in [5.74, 6) is 1.42. The molecule has 0 amide bonds. The highest BCUT2D eigenvalue weighted by Crippen LogP contribution is 2.25. The number of anilines is 1. The van der Waals surface area contributed by atoms with Crippen LogP contribution in [0.5, 0.6) is 0 Å². The first-order valence-electron chi connectivity index (χ1n) is 6.35. The summed E-state index contributed by atoms with van der Waals surface area (Å²) in [6.45, 7) is 6.43. The van der Waals surface area contributed by atoms with Gasteiger partial charge in [0.25, 0.3) is 0 Å². The average molecular weight is 277 g/mol. The lowest BCUT2D eigenvalue weighted by Crippen LogP contribution is -2.21. The van der Waals surface area contributed by atoms with E-state index in [2.05, 4.69) is 15.3 Å². The summed E-state index contributed by atoms with van der Waals surface area (Å²) in [7, 11) is 0. The highest BCUT2D eigenvalue weighted by Gasteiger charge is 2.15. The van der Waals surface area contributed by atoms with E-state index < -0.39 is 5.60 Å². The zero-order valence-electron chi connectivity index (χ0n) is 11.5. The zero-order valence-corrected chi connectivity index (χ0v) is 12.3. The molecule has 2 rings (SSSR count). The number of aromatic nitrogens is 2. The van der Waals surface area contributed by atoms with Crippen molar-refractivity contribution in [3.8, 4) is 0 Å². The summed E-state index contributed by atoms with van der Waals surface area (Å²) in [5.41, 5.74) is 0.199. The van der Waals surface area contributed by atoms with E-state index in [1.54, 1.807) is 13.8 Å². The zero-order chi connectivity index (χ0) is 13.9. The molecule has 0 aliphatic heterocycles. The Morgan fingerprint density at radius 2 is 2.00 bits per heavy atom. The van der Waals surface area contributed by atoms with E-state index in [9.17, 15) is 5.11 Å². The van der Waals surface area contributed by atoms with Crippen LogP contribution in [-0.4, -0.2) is 33.0 Å². The van der Waals surface area contributed by atoms with Crippen LogP contribution in [0.1, 0.15) is 20.8 Å². The van der Waals surface area contributed by atoms with Crippen LogP contribution in [0.4, 0.5) is 5.82 Å². The Balaban J connectivity index is 2.35. The number of fused-ring (bicyclic) bond motifs is 1. The van der Waals surface area contributed by atoms with Gasteiger partial charge in [-0.2, -0.15) is 0 Å². The lowest BCUT2D eigenvalue weighted by molar-refractivity contribution is 0.107. The maximum atomic E-state index is 9.77. The second kappa shape index (κ2) is 5.75. The number of aliphatic hydroxyl groups is 1. The smallest absolute Gasteiger partial charge is 0.190 e. The molecular formula is C14H19N3OS. The summed E-state index contributed by atoms with van der Waals surface area (Å²) in [6.07, 6.45) is 0. The third kappa shape index (κ3) is 3.81. The molecule has 4 nitrogen and oxygen atoms in total.